The number of piperidine rings is 2. The second-order valence-corrected chi connectivity index (χ2v) is 33.5. The number of likely N-dealkylation sites (tertiary alicyclic amines) is 2. The van der Waals surface area contributed by atoms with Crippen LogP contribution >= 0.6 is 0 Å². The van der Waals surface area contributed by atoms with Crippen LogP contribution in [-0.4, -0.2) is 165 Å². The molecule has 2 atom stereocenters. The van der Waals surface area contributed by atoms with Gasteiger partial charge in [0, 0.05) is 105 Å². The standard InChI is InChI=1S/C38H27N7O14.C23H22N2O4.C15H7N5O11.C14H26N2O/c1-4-20-21-8-17(3)6-7-27(21)39-35-24(20)14-41-30(35)13-26-25(36(41)47)15-57-37(48)38(26,5-2)59-31(46)16-58-40-34-22-9-18(42(49)50)11-28(44(53)54)32(22)33-23(34)10-19(43(51)52)12-29(33)45(55)56;1-4-13-14-8-12(3)6-7-18(14)24-20-15(13)10-25-19(20)9-17-16(21(25)26)11-29-22(27)23(17,28)5-2;21-12(22)5-31-16-15-8-1-6(17(23)24)3-10(19(27)28)13(8)14-9(15)2-7(18(25)26)4-11(14)20(29)30;1-12(2)14(17)16-10-6-13(7-11-16)15-8-4-3-5-9-15/h6-13H,4-5,14-16H2,1-3H3;6-9,28H,4-5,10-11H2,1-3H3;1-4H,5H2,(H,21,22);12-13H,3-11H2,1-2H3/t38-;23-;;/m00../s1. The molecule has 6 aromatic carbocycles. The van der Waals surface area contributed by atoms with Crippen molar-refractivity contribution in [1.82, 2.24) is 28.9 Å². The van der Waals surface area contributed by atoms with Crippen LogP contribution in [0.5, 0.6) is 0 Å². The Kier molecular flexibility index (Phi) is 25.5. The number of ether oxygens (including phenoxy) is 3. The molecule has 702 valence electrons. The van der Waals surface area contributed by atoms with E-state index in [-0.39, 0.29) is 59.7 Å². The SMILES string of the molecule is CC(C)C(=O)N1CCC(N2CCCCC2)CC1.CCc1c2c(nc3ccc(C)cc13)-c1cc3c(c(=O)n1C2)COC(=O)[C@@]3(CC)OC(=O)CON=C1c2cc([N+](=O)[O-])cc([N+](=O)[O-])c2-c2c1cc([N+](=O)[O-])cc2[N+](=O)[O-].CCc1c2c(nc3ccc(C)cc13)-c1cc3c(c(=O)n1C2)COC(=O)[C@]3(O)CC.O=C(O)CON=C1c2cc([N+](=O)[O-])cc([N+](=O)[O-])c2-c2c1cc([N+](=O)[O-])cc2[N+](=O)[O-]. The minimum absolute atomic E-state index is 0.0703. The van der Waals surface area contributed by atoms with Gasteiger partial charge >= 0.3 is 23.9 Å². The Bertz CT molecular complexity index is 6980. The van der Waals surface area contributed by atoms with E-state index in [1.807, 2.05) is 58.0 Å². The number of amides is 1. The van der Waals surface area contributed by atoms with Gasteiger partial charge in [0.05, 0.1) is 144 Å². The minimum Gasteiger partial charge on any atom is -0.479 e. The summed E-state index contributed by atoms with van der Waals surface area (Å²) in [5, 5.41) is 122. The highest BCUT2D eigenvalue weighted by Crippen LogP contribution is 2.54. The van der Waals surface area contributed by atoms with Crippen molar-refractivity contribution in [3.63, 3.8) is 0 Å². The molecular formula is C90H82N16O30. The second-order valence-electron chi connectivity index (χ2n) is 33.5. The summed E-state index contributed by atoms with van der Waals surface area (Å²) in [6, 6.07) is 21.7. The summed E-state index contributed by atoms with van der Waals surface area (Å²) in [4.78, 5) is 199. The lowest BCUT2D eigenvalue weighted by Crippen LogP contribution is -2.48. The van der Waals surface area contributed by atoms with E-state index in [2.05, 4.69) is 44.9 Å². The summed E-state index contributed by atoms with van der Waals surface area (Å²) >= 11 is 0. The van der Waals surface area contributed by atoms with Gasteiger partial charge in [-0.05, 0) is 126 Å². The van der Waals surface area contributed by atoms with Crippen LogP contribution < -0.4 is 11.1 Å². The topological polar surface area (TPSA) is 618 Å². The monoisotopic (exact) mass is 1870 g/mol. The van der Waals surface area contributed by atoms with E-state index >= 15 is 0 Å². The highest BCUT2D eigenvalue weighted by atomic mass is 16.7. The normalized spacial score (nSPS) is 16.6. The van der Waals surface area contributed by atoms with Gasteiger partial charge < -0.3 is 53.0 Å². The predicted octanol–water partition coefficient (Wildman–Crippen LogP) is 12.8. The molecule has 1 amide bonds. The van der Waals surface area contributed by atoms with Gasteiger partial charge in [0.25, 0.3) is 56.6 Å². The first-order chi connectivity index (χ1) is 64.7. The number of carboxylic acids is 1. The Morgan fingerprint density at radius 3 is 1.26 bits per heavy atom. The molecule has 18 rings (SSSR count). The number of esters is 3. The molecule has 2 N–H and O–H groups in total. The lowest BCUT2D eigenvalue weighted by atomic mass is 9.85. The minimum atomic E-state index is -2.16. The molecule has 0 bridgehead atoms. The Hall–Kier alpha value is -16.6. The van der Waals surface area contributed by atoms with Gasteiger partial charge in [-0.15, -0.1) is 0 Å². The van der Waals surface area contributed by atoms with E-state index in [9.17, 15) is 120 Å². The van der Waals surface area contributed by atoms with Crippen molar-refractivity contribution >= 4 is 109 Å². The van der Waals surface area contributed by atoms with Gasteiger partial charge in [0.1, 0.15) is 24.6 Å². The number of hydrogen-bond acceptors (Lipinski definition) is 34. The van der Waals surface area contributed by atoms with Crippen LogP contribution in [0.1, 0.15) is 164 Å². The molecule has 0 unspecified atom stereocenters. The lowest BCUT2D eigenvalue weighted by Gasteiger charge is -2.40. The summed E-state index contributed by atoms with van der Waals surface area (Å²) in [6.45, 7) is 17.9. The average Bonchev–Trinajstić information content (AvgIpc) is 1.48. The maximum Gasteiger partial charge on any atom is 0.355 e. The first-order valence-corrected chi connectivity index (χ1v) is 42.9. The molecule has 46 nitrogen and oxygen atoms in total. The number of non-ortho nitro benzene ring substituents is 4. The number of aliphatic hydroxyl groups is 1. The number of aryl methyl sites for hydroxylation is 4. The number of carbonyl (C=O) groups excluding carboxylic acids is 4. The molecule has 136 heavy (non-hydrogen) atoms. The zero-order valence-electron chi connectivity index (χ0n) is 73.8. The van der Waals surface area contributed by atoms with Crippen LogP contribution in [0.3, 0.4) is 0 Å². The molecule has 4 aromatic heterocycles. The number of oxime groups is 2. The molecule has 2 aliphatic carbocycles. The molecule has 10 heterocycles. The highest BCUT2D eigenvalue weighted by molar-refractivity contribution is 6.28. The molecule has 0 radical (unpaired) electrons. The van der Waals surface area contributed by atoms with E-state index < -0.39 is 190 Å². The summed E-state index contributed by atoms with van der Waals surface area (Å²) in [6.07, 6.45) is 7.90. The van der Waals surface area contributed by atoms with Crippen molar-refractivity contribution in [2.75, 3.05) is 39.4 Å². The van der Waals surface area contributed by atoms with Crippen LogP contribution in [0.4, 0.5) is 45.5 Å². The molecule has 10 aromatic rings. The number of rotatable bonds is 21. The smallest absolute Gasteiger partial charge is 0.355 e. The third-order valence-electron chi connectivity index (χ3n) is 25.3. The summed E-state index contributed by atoms with van der Waals surface area (Å²) in [5.41, 5.74) is -4.87. The zero-order valence-corrected chi connectivity index (χ0v) is 73.8. The predicted molar refractivity (Wildman–Crippen MR) is 479 cm³/mol. The maximum atomic E-state index is 14.1. The van der Waals surface area contributed by atoms with E-state index in [0.717, 1.165) is 94.1 Å². The van der Waals surface area contributed by atoms with Crippen LogP contribution in [0.2, 0.25) is 0 Å². The maximum absolute atomic E-state index is 14.1. The van der Waals surface area contributed by atoms with Gasteiger partial charge in [-0.1, -0.05) is 81.5 Å². The highest BCUT2D eigenvalue weighted by Gasteiger charge is 2.52. The van der Waals surface area contributed by atoms with Gasteiger partial charge in [0.15, 0.2) is 5.60 Å². The van der Waals surface area contributed by atoms with Crippen molar-refractivity contribution in [3.8, 4) is 45.0 Å². The van der Waals surface area contributed by atoms with E-state index in [4.69, 9.17) is 34.1 Å². The Morgan fingerprint density at radius 1 is 0.500 bits per heavy atom. The number of pyridine rings is 4. The van der Waals surface area contributed by atoms with E-state index in [1.54, 1.807) is 23.6 Å². The van der Waals surface area contributed by atoms with Crippen LogP contribution in [0, 0.1) is 101 Å². The first kappa shape index (κ1) is 94.1. The fourth-order valence-electron chi connectivity index (χ4n) is 18.9. The van der Waals surface area contributed by atoms with E-state index in [1.165, 1.54) is 67.8 Å². The third kappa shape index (κ3) is 16.7. The van der Waals surface area contributed by atoms with Gasteiger partial charge in [-0.2, -0.15) is 0 Å². The number of nitro benzene ring substituents is 8. The molecule has 2 saturated heterocycles. The van der Waals surface area contributed by atoms with Crippen molar-refractivity contribution in [1.29, 1.82) is 0 Å². The molecule has 6 aliphatic heterocycles. The molecule has 46 heteroatoms. The number of benzene rings is 6. The van der Waals surface area contributed by atoms with Gasteiger partial charge in [0.2, 0.25) is 24.7 Å². The molecule has 0 saturated carbocycles. The van der Waals surface area contributed by atoms with Crippen LogP contribution in [-0.2, 0) is 98.2 Å². The fraction of sp³-hybridized carbons (Fsp3) is 0.344. The Morgan fingerprint density at radius 2 is 0.890 bits per heavy atom. The number of fused-ring (bicyclic) bond motifs is 16. The van der Waals surface area contributed by atoms with Gasteiger partial charge in [-0.25, -0.2) is 29.1 Å². The summed E-state index contributed by atoms with van der Waals surface area (Å²) in [7, 11) is 0. The molecule has 8 aliphatic rings. The molecular weight excluding hydrogens is 1790 g/mol. The number of hydrogen-bond donors (Lipinski definition) is 2. The molecule has 0 spiro atoms. The Balaban J connectivity index is 0.000000153. The number of aromatic nitrogens is 4. The summed E-state index contributed by atoms with van der Waals surface area (Å²) in [5.74, 6) is -3.89. The number of carbonyl (C=O) groups is 5. The number of nitro groups is 8. The Labute approximate surface area is 765 Å². The number of nitrogens with zero attached hydrogens (tertiary/aromatic N) is 16. The third-order valence-corrected chi connectivity index (χ3v) is 25.3. The van der Waals surface area contributed by atoms with Crippen molar-refractivity contribution in [2.24, 2.45) is 16.2 Å². The fourth-order valence-corrected chi connectivity index (χ4v) is 18.9. The molecule has 2 fully saturated rings. The van der Waals surface area contributed by atoms with Crippen molar-refractivity contribution in [2.45, 2.75) is 157 Å². The lowest BCUT2D eigenvalue weighted by molar-refractivity contribution is -0.395. The van der Waals surface area contributed by atoms with Crippen molar-refractivity contribution < 1.29 is 97.5 Å². The largest absolute Gasteiger partial charge is 0.479 e. The summed E-state index contributed by atoms with van der Waals surface area (Å²) < 4.78 is 19.5. The average molecular weight is 1870 g/mol. The van der Waals surface area contributed by atoms with Crippen LogP contribution in [0.15, 0.2) is 117 Å². The van der Waals surface area contributed by atoms with Crippen molar-refractivity contribution in [3.05, 3.63) is 277 Å². The second kappa shape index (κ2) is 36.9. The first-order valence-electron chi connectivity index (χ1n) is 42.9. The quantitative estimate of drug-likeness (QED) is 0.0292. The number of cyclic esters (lactones) is 2. The number of carboxylic acid groups (broad SMARTS) is 1. The number of aliphatic carboxylic acids is 1. The van der Waals surface area contributed by atoms with Gasteiger partial charge in [-0.3, -0.25) is 95.3 Å². The zero-order chi connectivity index (χ0) is 98.0. The van der Waals surface area contributed by atoms with Crippen LogP contribution in [0.25, 0.3) is 66.8 Å². The van der Waals surface area contributed by atoms with E-state index in [0.29, 0.717) is 76.9 Å².